The van der Waals surface area contributed by atoms with Crippen LogP contribution in [0, 0.1) is 11.7 Å². The van der Waals surface area contributed by atoms with Gasteiger partial charge in [-0.05, 0) is 24.1 Å². The minimum absolute atomic E-state index is 0.0862. The van der Waals surface area contributed by atoms with Crippen LogP contribution in [0.1, 0.15) is 25.3 Å². The zero-order valence-electron chi connectivity index (χ0n) is 9.88. The van der Waals surface area contributed by atoms with E-state index in [4.69, 9.17) is 5.73 Å². The number of carbonyl (C=O) groups is 1. The molecule has 1 aromatic rings. The Morgan fingerprint density at radius 2 is 2.24 bits per heavy atom. The highest BCUT2D eigenvalue weighted by Gasteiger charge is 2.17. The third kappa shape index (κ3) is 4.21. The highest BCUT2D eigenvalue weighted by Crippen LogP contribution is 2.20. The van der Waals surface area contributed by atoms with Gasteiger partial charge in [-0.3, -0.25) is 4.79 Å². The molecule has 1 unspecified atom stereocenters. The molecule has 94 valence electrons. The maximum Gasteiger partial charge on any atom is 0.141 e. The van der Waals surface area contributed by atoms with Crippen LogP contribution in [0.25, 0.3) is 0 Å². The standard InChI is InChI=1S/C13H17BrFNO/c1-2-3-10(8-16)13(17)6-9-4-5-11(15)7-12(9)14/h4-5,7,10H,2-3,6,8,16H2,1H3. The van der Waals surface area contributed by atoms with Gasteiger partial charge in [-0.25, -0.2) is 4.39 Å². The topological polar surface area (TPSA) is 43.1 Å². The summed E-state index contributed by atoms with van der Waals surface area (Å²) >= 11 is 3.26. The number of ketones is 1. The second-order valence-corrected chi connectivity index (χ2v) is 4.95. The van der Waals surface area contributed by atoms with E-state index < -0.39 is 0 Å². The van der Waals surface area contributed by atoms with Crippen molar-refractivity contribution in [1.29, 1.82) is 0 Å². The van der Waals surface area contributed by atoms with Gasteiger partial charge in [0, 0.05) is 23.4 Å². The van der Waals surface area contributed by atoms with Crippen LogP contribution in [-0.4, -0.2) is 12.3 Å². The van der Waals surface area contributed by atoms with Crippen molar-refractivity contribution in [2.75, 3.05) is 6.54 Å². The molecule has 4 heteroatoms. The first-order valence-corrected chi connectivity index (χ1v) is 6.54. The van der Waals surface area contributed by atoms with Gasteiger partial charge in [-0.1, -0.05) is 35.3 Å². The van der Waals surface area contributed by atoms with Crippen LogP contribution in [0.15, 0.2) is 22.7 Å². The van der Waals surface area contributed by atoms with Crippen LogP contribution in [0.2, 0.25) is 0 Å². The predicted molar refractivity (Wildman–Crippen MR) is 70.3 cm³/mol. The summed E-state index contributed by atoms with van der Waals surface area (Å²) in [6, 6.07) is 4.38. The molecule has 0 amide bonds. The van der Waals surface area contributed by atoms with Crippen LogP contribution in [0.4, 0.5) is 4.39 Å². The second kappa shape index (κ2) is 6.87. The molecule has 0 aliphatic carbocycles. The lowest BCUT2D eigenvalue weighted by atomic mass is 9.94. The van der Waals surface area contributed by atoms with Gasteiger partial charge in [0.05, 0.1) is 0 Å². The summed E-state index contributed by atoms with van der Waals surface area (Å²) in [7, 11) is 0. The first-order chi connectivity index (χ1) is 8.08. The van der Waals surface area contributed by atoms with Crippen molar-refractivity contribution in [3.63, 3.8) is 0 Å². The van der Waals surface area contributed by atoms with Crippen LogP contribution >= 0.6 is 15.9 Å². The van der Waals surface area contributed by atoms with Crippen LogP contribution < -0.4 is 5.73 Å². The van der Waals surface area contributed by atoms with Crippen molar-refractivity contribution < 1.29 is 9.18 Å². The van der Waals surface area contributed by atoms with Crippen LogP contribution in [-0.2, 0) is 11.2 Å². The van der Waals surface area contributed by atoms with E-state index in [0.29, 0.717) is 17.4 Å². The lowest BCUT2D eigenvalue weighted by Crippen LogP contribution is -2.25. The van der Waals surface area contributed by atoms with Crippen molar-refractivity contribution in [2.45, 2.75) is 26.2 Å². The van der Waals surface area contributed by atoms with Gasteiger partial charge in [0.1, 0.15) is 11.6 Å². The van der Waals surface area contributed by atoms with E-state index in [1.807, 2.05) is 6.92 Å². The molecule has 0 saturated carbocycles. The van der Waals surface area contributed by atoms with E-state index >= 15 is 0 Å². The van der Waals surface area contributed by atoms with E-state index in [2.05, 4.69) is 15.9 Å². The summed E-state index contributed by atoms with van der Waals surface area (Å²) < 4.78 is 13.5. The lowest BCUT2D eigenvalue weighted by Gasteiger charge is -2.13. The first-order valence-electron chi connectivity index (χ1n) is 5.75. The molecule has 0 saturated heterocycles. The van der Waals surface area contributed by atoms with Gasteiger partial charge in [0.25, 0.3) is 0 Å². The van der Waals surface area contributed by atoms with E-state index in [1.54, 1.807) is 6.07 Å². The molecular formula is C13H17BrFNO. The van der Waals surface area contributed by atoms with Crippen LogP contribution in [0.5, 0.6) is 0 Å². The molecule has 17 heavy (non-hydrogen) atoms. The highest BCUT2D eigenvalue weighted by atomic mass is 79.9. The number of benzene rings is 1. The molecule has 1 rings (SSSR count). The fourth-order valence-electron chi connectivity index (χ4n) is 1.76. The van der Waals surface area contributed by atoms with E-state index in [-0.39, 0.29) is 17.5 Å². The Kier molecular flexibility index (Phi) is 5.78. The van der Waals surface area contributed by atoms with Gasteiger partial charge in [-0.2, -0.15) is 0 Å². The number of carbonyl (C=O) groups excluding carboxylic acids is 1. The number of Topliss-reactive ketones (excluding diaryl/α,β-unsaturated/α-hetero) is 1. The molecule has 0 radical (unpaired) electrons. The molecule has 0 aliphatic rings. The molecule has 0 aromatic heterocycles. The van der Waals surface area contributed by atoms with Gasteiger partial charge in [-0.15, -0.1) is 0 Å². The third-order valence-corrected chi connectivity index (χ3v) is 3.49. The van der Waals surface area contributed by atoms with Crippen molar-refractivity contribution in [3.8, 4) is 0 Å². The van der Waals surface area contributed by atoms with Crippen molar-refractivity contribution in [2.24, 2.45) is 11.7 Å². The number of halogens is 2. The molecule has 0 spiro atoms. The van der Waals surface area contributed by atoms with Gasteiger partial charge < -0.3 is 5.73 Å². The van der Waals surface area contributed by atoms with Gasteiger partial charge in [0.15, 0.2) is 0 Å². The summed E-state index contributed by atoms with van der Waals surface area (Å²) in [5.74, 6) is -0.268. The third-order valence-electron chi connectivity index (χ3n) is 2.76. The zero-order valence-corrected chi connectivity index (χ0v) is 11.5. The van der Waals surface area contributed by atoms with Gasteiger partial charge >= 0.3 is 0 Å². The molecule has 0 heterocycles. The molecule has 1 atom stereocenters. The SMILES string of the molecule is CCCC(CN)C(=O)Cc1ccc(F)cc1Br. The maximum absolute atomic E-state index is 12.9. The Morgan fingerprint density at radius 1 is 1.53 bits per heavy atom. The second-order valence-electron chi connectivity index (χ2n) is 4.10. The van der Waals surface area contributed by atoms with Crippen molar-refractivity contribution >= 4 is 21.7 Å². The summed E-state index contributed by atoms with van der Waals surface area (Å²) in [6.07, 6.45) is 2.06. The molecule has 2 N–H and O–H groups in total. The summed E-state index contributed by atoms with van der Waals surface area (Å²) in [4.78, 5) is 12.0. The van der Waals surface area contributed by atoms with E-state index in [9.17, 15) is 9.18 Å². The number of hydrogen-bond acceptors (Lipinski definition) is 2. The fourth-order valence-corrected chi connectivity index (χ4v) is 2.25. The first kappa shape index (κ1) is 14.3. The largest absolute Gasteiger partial charge is 0.330 e. The smallest absolute Gasteiger partial charge is 0.141 e. The summed E-state index contributed by atoms with van der Waals surface area (Å²) in [5, 5.41) is 0. The normalized spacial score (nSPS) is 12.5. The Morgan fingerprint density at radius 3 is 2.76 bits per heavy atom. The average molecular weight is 302 g/mol. The number of hydrogen-bond donors (Lipinski definition) is 1. The highest BCUT2D eigenvalue weighted by molar-refractivity contribution is 9.10. The molecule has 2 nitrogen and oxygen atoms in total. The number of nitrogens with two attached hydrogens (primary N) is 1. The van der Waals surface area contributed by atoms with Gasteiger partial charge in [0.2, 0.25) is 0 Å². The summed E-state index contributed by atoms with van der Waals surface area (Å²) in [6.45, 7) is 2.41. The summed E-state index contributed by atoms with van der Waals surface area (Å²) in [5.41, 5.74) is 6.39. The monoisotopic (exact) mass is 301 g/mol. The van der Waals surface area contributed by atoms with E-state index in [0.717, 1.165) is 18.4 Å². The molecule has 0 bridgehead atoms. The number of rotatable bonds is 6. The Balaban J connectivity index is 2.73. The molecular weight excluding hydrogens is 285 g/mol. The fraction of sp³-hybridized carbons (Fsp3) is 0.462. The minimum Gasteiger partial charge on any atom is -0.330 e. The molecule has 0 fully saturated rings. The van der Waals surface area contributed by atoms with Crippen molar-refractivity contribution in [3.05, 3.63) is 34.1 Å². The maximum atomic E-state index is 12.9. The Bertz CT molecular complexity index is 395. The predicted octanol–water partition coefficient (Wildman–Crippen LogP) is 3.07. The molecule has 0 aliphatic heterocycles. The van der Waals surface area contributed by atoms with Crippen molar-refractivity contribution in [1.82, 2.24) is 0 Å². The Labute approximate surface area is 110 Å². The minimum atomic E-state index is -0.308. The van der Waals surface area contributed by atoms with Crippen LogP contribution in [0.3, 0.4) is 0 Å². The average Bonchev–Trinajstić information content (AvgIpc) is 2.29. The quantitative estimate of drug-likeness (QED) is 0.877. The Hall–Kier alpha value is -0.740. The van der Waals surface area contributed by atoms with E-state index in [1.165, 1.54) is 12.1 Å². The molecule has 1 aromatic carbocycles. The zero-order chi connectivity index (χ0) is 12.8. The lowest BCUT2D eigenvalue weighted by molar-refractivity contribution is -0.122.